The number of rotatable bonds is 10. The molecule has 0 amide bonds. The van der Waals surface area contributed by atoms with E-state index in [4.69, 9.17) is 5.11 Å². The van der Waals surface area contributed by atoms with Crippen molar-refractivity contribution in [2.45, 2.75) is 45.4 Å². The number of benzene rings is 1. The van der Waals surface area contributed by atoms with Crippen LogP contribution in [-0.2, 0) is 10.0 Å². The summed E-state index contributed by atoms with van der Waals surface area (Å²) in [5.41, 5.74) is -0.194. The lowest BCUT2D eigenvalue weighted by Crippen LogP contribution is -2.17. The van der Waals surface area contributed by atoms with Gasteiger partial charge < -0.3 is 10.2 Å². The maximum absolute atomic E-state index is 11.9. The quantitative estimate of drug-likeness (QED) is 0.452. The molecule has 7 heteroatoms. The van der Waals surface area contributed by atoms with Crippen LogP contribution in [-0.4, -0.2) is 30.4 Å². The van der Waals surface area contributed by atoms with E-state index in [2.05, 4.69) is 11.6 Å². The predicted molar refractivity (Wildman–Crippen MR) is 85.9 cm³/mol. The van der Waals surface area contributed by atoms with Crippen molar-refractivity contribution >= 4 is 21.7 Å². The van der Waals surface area contributed by atoms with Gasteiger partial charge in [0.05, 0.1) is 5.75 Å². The highest BCUT2D eigenvalue weighted by molar-refractivity contribution is 7.92. The summed E-state index contributed by atoms with van der Waals surface area (Å²) in [4.78, 5) is 10.9. The number of anilines is 1. The summed E-state index contributed by atoms with van der Waals surface area (Å²) < 4.78 is 26.2. The van der Waals surface area contributed by atoms with E-state index in [1.165, 1.54) is 6.07 Å². The van der Waals surface area contributed by atoms with Crippen LogP contribution in [0.3, 0.4) is 0 Å². The van der Waals surface area contributed by atoms with Crippen molar-refractivity contribution in [1.82, 2.24) is 0 Å². The number of hydrogen-bond acceptors (Lipinski definition) is 4. The molecule has 1 aromatic carbocycles. The Balaban J connectivity index is 2.54. The Hall–Kier alpha value is -1.76. The summed E-state index contributed by atoms with van der Waals surface area (Å²) in [5, 5.41) is 18.3. The van der Waals surface area contributed by atoms with E-state index in [9.17, 15) is 18.3 Å². The Kier molecular flexibility index (Phi) is 7.17. The lowest BCUT2D eigenvalue weighted by Gasteiger charge is -2.09. The molecule has 0 atom stereocenters. The zero-order valence-electron chi connectivity index (χ0n) is 12.7. The second kappa shape index (κ2) is 8.63. The monoisotopic (exact) mass is 329 g/mol. The van der Waals surface area contributed by atoms with Crippen LogP contribution in [0.5, 0.6) is 5.75 Å². The average Bonchev–Trinajstić information content (AvgIpc) is 2.44. The minimum Gasteiger partial charge on any atom is -0.507 e. The minimum absolute atomic E-state index is 0.00239. The fourth-order valence-corrected chi connectivity index (χ4v) is 3.25. The first-order valence-electron chi connectivity index (χ1n) is 7.42. The number of nitrogens with one attached hydrogen (secondary N) is 1. The van der Waals surface area contributed by atoms with Gasteiger partial charge in [-0.05, 0) is 24.6 Å². The van der Waals surface area contributed by atoms with Crippen LogP contribution in [0.15, 0.2) is 18.2 Å². The number of carbonyl (C=O) groups is 1. The molecule has 0 bridgehead atoms. The standard InChI is InChI=1S/C15H23NO5S/c1-2-3-4-5-6-7-10-22(20,21)16-12-8-9-14(17)13(11-12)15(18)19/h8-9,11,16-17H,2-7,10H2,1H3,(H,18,19). The van der Waals surface area contributed by atoms with E-state index >= 15 is 0 Å². The Bertz CT molecular complexity index is 598. The number of unbranched alkanes of at least 4 members (excludes halogenated alkanes) is 5. The van der Waals surface area contributed by atoms with Gasteiger partial charge in [0.2, 0.25) is 10.0 Å². The molecule has 1 aromatic rings. The summed E-state index contributed by atoms with van der Waals surface area (Å²) in [7, 11) is -3.51. The Morgan fingerprint density at radius 3 is 2.41 bits per heavy atom. The van der Waals surface area contributed by atoms with Gasteiger partial charge in [0.1, 0.15) is 11.3 Å². The highest BCUT2D eigenvalue weighted by atomic mass is 32.2. The topological polar surface area (TPSA) is 104 Å². The third kappa shape index (κ3) is 6.34. The second-order valence-corrected chi connectivity index (χ2v) is 7.07. The van der Waals surface area contributed by atoms with Gasteiger partial charge in [0, 0.05) is 5.69 Å². The fraction of sp³-hybridized carbons (Fsp3) is 0.533. The van der Waals surface area contributed by atoms with Crippen molar-refractivity contribution in [3.8, 4) is 5.75 Å². The summed E-state index contributed by atoms with van der Waals surface area (Å²) in [6.07, 6.45) is 5.87. The summed E-state index contributed by atoms with van der Waals surface area (Å²) >= 11 is 0. The first kappa shape index (κ1) is 18.3. The maximum atomic E-state index is 11.9. The molecule has 0 aliphatic rings. The lowest BCUT2D eigenvalue weighted by atomic mass is 10.1. The predicted octanol–water partition coefficient (Wildman–Crippen LogP) is 3.19. The van der Waals surface area contributed by atoms with Gasteiger partial charge >= 0.3 is 5.97 Å². The molecule has 0 aromatic heterocycles. The minimum atomic E-state index is -3.51. The van der Waals surface area contributed by atoms with Crippen molar-refractivity contribution in [2.24, 2.45) is 0 Å². The van der Waals surface area contributed by atoms with Gasteiger partial charge in [-0.25, -0.2) is 13.2 Å². The van der Waals surface area contributed by atoms with Gasteiger partial charge in [-0.15, -0.1) is 0 Å². The molecule has 0 saturated carbocycles. The van der Waals surface area contributed by atoms with Crippen molar-refractivity contribution in [3.05, 3.63) is 23.8 Å². The first-order valence-corrected chi connectivity index (χ1v) is 9.07. The molecule has 0 unspecified atom stereocenters. The van der Waals surface area contributed by atoms with E-state index in [1.54, 1.807) is 0 Å². The van der Waals surface area contributed by atoms with Crippen molar-refractivity contribution in [3.63, 3.8) is 0 Å². The number of phenols is 1. The Morgan fingerprint density at radius 2 is 1.77 bits per heavy atom. The van der Waals surface area contributed by atoms with E-state index in [0.717, 1.165) is 44.2 Å². The SMILES string of the molecule is CCCCCCCCS(=O)(=O)Nc1ccc(O)c(C(=O)O)c1. The van der Waals surface area contributed by atoms with Gasteiger partial charge in [-0.2, -0.15) is 0 Å². The molecule has 0 fully saturated rings. The largest absolute Gasteiger partial charge is 0.507 e. The third-order valence-corrected chi connectivity index (χ3v) is 4.64. The molecule has 0 radical (unpaired) electrons. The van der Waals surface area contributed by atoms with Gasteiger partial charge in [0.15, 0.2) is 0 Å². The van der Waals surface area contributed by atoms with Crippen molar-refractivity contribution in [1.29, 1.82) is 0 Å². The molecule has 22 heavy (non-hydrogen) atoms. The molecule has 124 valence electrons. The first-order chi connectivity index (χ1) is 10.4. The van der Waals surface area contributed by atoms with Crippen LogP contribution in [0.2, 0.25) is 0 Å². The molecule has 0 aliphatic carbocycles. The van der Waals surface area contributed by atoms with Crippen LogP contribution in [0.25, 0.3) is 0 Å². The third-order valence-electron chi connectivity index (χ3n) is 3.27. The normalized spacial score (nSPS) is 11.3. The summed E-state index contributed by atoms with van der Waals surface area (Å²) in [6.45, 7) is 2.12. The van der Waals surface area contributed by atoms with Crippen LogP contribution < -0.4 is 4.72 Å². The van der Waals surface area contributed by atoms with Crippen LogP contribution in [0.4, 0.5) is 5.69 Å². The number of carboxylic acids is 1. The molecular weight excluding hydrogens is 306 g/mol. The molecule has 0 saturated heterocycles. The van der Waals surface area contributed by atoms with Crippen LogP contribution in [0, 0.1) is 0 Å². The van der Waals surface area contributed by atoms with E-state index < -0.39 is 21.7 Å². The summed E-state index contributed by atoms with van der Waals surface area (Å²) in [5.74, 6) is -1.71. The summed E-state index contributed by atoms with van der Waals surface area (Å²) in [6, 6.07) is 3.60. The van der Waals surface area contributed by atoms with Crippen LogP contribution in [0.1, 0.15) is 55.8 Å². The molecule has 3 N–H and O–H groups in total. The van der Waals surface area contributed by atoms with Crippen LogP contribution >= 0.6 is 0 Å². The molecule has 0 heterocycles. The smallest absolute Gasteiger partial charge is 0.339 e. The highest BCUT2D eigenvalue weighted by Crippen LogP contribution is 2.22. The number of aromatic carboxylic acids is 1. The molecular formula is C15H23NO5S. The fourth-order valence-electron chi connectivity index (χ4n) is 2.07. The lowest BCUT2D eigenvalue weighted by molar-refractivity contribution is 0.0693. The van der Waals surface area contributed by atoms with Gasteiger partial charge in [0.25, 0.3) is 0 Å². The van der Waals surface area contributed by atoms with E-state index in [-0.39, 0.29) is 17.0 Å². The zero-order valence-corrected chi connectivity index (χ0v) is 13.5. The molecule has 6 nitrogen and oxygen atoms in total. The number of hydrogen-bond donors (Lipinski definition) is 3. The number of sulfonamides is 1. The maximum Gasteiger partial charge on any atom is 0.339 e. The molecule has 0 spiro atoms. The van der Waals surface area contributed by atoms with Crippen molar-refractivity contribution in [2.75, 3.05) is 10.5 Å². The zero-order chi connectivity index (χ0) is 16.6. The molecule has 0 aliphatic heterocycles. The van der Waals surface area contributed by atoms with Gasteiger partial charge in [-0.1, -0.05) is 39.0 Å². The Labute approximate surface area is 131 Å². The van der Waals surface area contributed by atoms with Crippen molar-refractivity contribution < 1.29 is 23.4 Å². The molecule has 1 rings (SSSR count). The van der Waals surface area contributed by atoms with E-state index in [1.807, 2.05) is 0 Å². The number of aromatic hydroxyl groups is 1. The average molecular weight is 329 g/mol. The Morgan fingerprint density at radius 1 is 1.14 bits per heavy atom. The van der Waals surface area contributed by atoms with E-state index in [0.29, 0.717) is 6.42 Å². The van der Waals surface area contributed by atoms with Gasteiger partial charge in [-0.3, -0.25) is 4.72 Å². The second-order valence-electron chi connectivity index (χ2n) is 5.23. The highest BCUT2D eigenvalue weighted by Gasteiger charge is 2.14. The number of carboxylic acid groups (broad SMARTS) is 1.